The van der Waals surface area contributed by atoms with E-state index in [0.29, 0.717) is 10.7 Å². The molecule has 2 aromatic rings. The summed E-state index contributed by atoms with van der Waals surface area (Å²) in [4.78, 5) is 23.7. The Labute approximate surface area is 125 Å². The number of carbonyl (C=O) groups is 1. The van der Waals surface area contributed by atoms with E-state index in [1.165, 1.54) is 16.8 Å². The van der Waals surface area contributed by atoms with Crippen molar-refractivity contribution in [1.29, 1.82) is 0 Å². The average Bonchev–Trinajstić information content (AvgIpc) is 2.38. The van der Waals surface area contributed by atoms with Crippen molar-refractivity contribution in [2.45, 2.75) is 13.5 Å². The average molecular weight is 311 g/mol. The monoisotopic (exact) mass is 310 g/mol. The number of para-hydroxylation sites is 1. The van der Waals surface area contributed by atoms with Gasteiger partial charge < -0.3 is 9.88 Å². The lowest BCUT2D eigenvalue weighted by atomic mass is 10.2. The van der Waals surface area contributed by atoms with Crippen LogP contribution in [0, 0.1) is 6.92 Å². The van der Waals surface area contributed by atoms with Crippen LogP contribution in [0.25, 0.3) is 0 Å². The molecule has 0 aliphatic heterocycles. The largest absolute Gasteiger partial charge is 0.324 e. The third kappa shape index (κ3) is 3.40. The van der Waals surface area contributed by atoms with E-state index in [2.05, 4.69) is 5.32 Å². The number of rotatable bonds is 3. The molecule has 6 heteroatoms. The summed E-state index contributed by atoms with van der Waals surface area (Å²) in [5.41, 5.74) is 1.20. The Balaban J connectivity index is 2.17. The van der Waals surface area contributed by atoms with Crippen LogP contribution in [0.2, 0.25) is 10.0 Å². The van der Waals surface area contributed by atoms with Crippen LogP contribution in [-0.4, -0.2) is 10.5 Å². The van der Waals surface area contributed by atoms with E-state index in [4.69, 9.17) is 23.2 Å². The molecule has 4 nitrogen and oxygen atoms in total. The summed E-state index contributed by atoms with van der Waals surface area (Å²) in [5, 5.41) is 3.03. The minimum absolute atomic E-state index is 0.0128. The fourth-order valence-corrected chi connectivity index (χ4v) is 2.25. The lowest BCUT2D eigenvalue weighted by Gasteiger charge is -2.10. The number of nitrogens with one attached hydrogen (secondary N) is 1. The van der Waals surface area contributed by atoms with Crippen LogP contribution in [0.5, 0.6) is 0 Å². The summed E-state index contributed by atoms with van der Waals surface area (Å²) >= 11 is 11.6. The van der Waals surface area contributed by atoms with Gasteiger partial charge in [-0.15, -0.1) is 0 Å². The van der Waals surface area contributed by atoms with E-state index in [1.54, 1.807) is 6.07 Å². The minimum atomic E-state index is -0.448. The van der Waals surface area contributed by atoms with Crippen LogP contribution in [0.4, 0.5) is 5.69 Å². The van der Waals surface area contributed by atoms with E-state index >= 15 is 0 Å². The number of benzene rings is 1. The summed E-state index contributed by atoms with van der Waals surface area (Å²) in [6.45, 7) is 1.74. The number of hydrogen-bond donors (Lipinski definition) is 1. The van der Waals surface area contributed by atoms with Crippen molar-refractivity contribution in [3.8, 4) is 0 Å². The molecule has 20 heavy (non-hydrogen) atoms. The van der Waals surface area contributed by atoms with E-state index in [9.17, 15) is 9.59 Å². The highest BCUT2D eigenvalue weighted by molar-refractivity contribution is 6.34. The zero-order valence-corrected chi connectivity index (χ0v) is 12.2. The molecule has 104 valence electrons. The van der Waals surface area contributed by atoms with Gasteiger partial charge in [-0.1, -0.05) is 41.4 Å². The summed E-state index contributed by atoms with van der Waals surface area (Å²) in [5.74, 6) is -0.320. The fraction of sp³-hybridized carbons (Fsp3) is 0.143. The van der Waals surface area contributed by atoms with Crippen molar-refractivity contribution in [2.75, 3.05) is 5.32 Å². The Morgan fingerprint density at radius 2 is 2.00 bits per heavy atom. The third-order valence-electron chi connectivity index (χ3n) is 2.74. The van der Waals surface area contributed by atoms with Crippen molar-refractivity contribution in [1.82, 2.24) is 4.57 Å². The summed E-state index contributed by atoms with van der Waals surface area (Å²) in [6, 6.07) is 8.73. The molecular weight excluding hydrogens is 299 g/mol. The van der Waals surface area contributed by atoms with Crippen LogP contribution in [0.3, 0.4) is 0 Å². The molecule has 1 N–H and O–H groups in total. The van der Waals surface area contributed by atoms with Crippen LogP contribution in [-0.2, 0) is 11.3 Å². The molecule has 0 saturated heterocycles. The van der Waals surface area contributed by atoms with E-state index in [-0.39, 0.29) is 17.5 Å². The first kappa shape index (κ1) is 14.6. The van der Waals surface area contributed by atoms with Gasteiger partial charge in [0.25, 0.3) is 5.56 Å². The van der Waals surface area contributed by atoms with Crippen molar-refractivity contribution in [3.05, 3.63) is 62.5 Å². The first-order valence-electron chi connectivity index (χ1n) is 5.88. The molecule has 0 radical (unpaired) electrons. The molecule has 0 saturated carbocycles. The van der Waals surface area contributed by atoms with E-state index in [0.717, 1.165) is 5.56 Å². The predicted octanol–water partition coefficient (Wildman–Crippen LogP) is 3.10. The number of hydrogen-bond acceptors (Lipinski definition) is 2. The number of anilines is 1. The van der Waals surface area contributed by atoms with E-state index in [1.807, 2.05) is 25.1 Å². The molecule has 0 bridgehead atoms. The molecule has 1 aromatic heterocycles. The molecule has 1 aromatic carbocycles. The molecule has 1 heterocycles. The standard InChI is InChI=1S/C14H12Cl2N2O2/c1-9-4-2-3-5-12(9)17-13(19)8-18-7-10(15)6-11(16)14(18)20/h2-7H,8H2,1H3,(H,17,19). The Morgan fingerprint density at radius 3 is 2.70 bits per heavy atom. The van der Waals surface area contributed by atoms with Gasteiger partial charge in [0.2, 0.25) is 5.91 Å². The SMILES string of the molecule is Cc1ccccc1NC(=O)Cn1cc(Cl)cc(Cl)c1=O. The number of nitrogens with zero attached hydrogens (tertiary/aromatic N) is 1. The zero-order valence-electron chi connectivity index (χ0n) is 10.7. The van der Waals surface area contributed by atoms with Gasteiger partial charge >= 0.3 is 0 Å². The quantitative estimate of drug-likeness (QED) is 0.947. The zero-order chi connectivity index (χ0) is 14.7. The lowest BCUT2D eigenvalue weighted by molar-refractivity contribution is -0.116. The Bertz CT molecular complexity index is 711. The summed E-state index contributed by atoms with van der Waals surface area (Å²) in [6.07, 6.45) is 1.38. The number of carbonyl (C=O) groups excluding carboxylic acids is 1. The predicted molar refractivity (Wildman–Crippen MR) is 80.5 cm³/mol. The normalized spacial score (nSPS) is 10.3. The number of aromatic nitrogens is 1. The highest BCUT2D eigenvalue weighted by atomic mass is 35.5. The van der Waals surface area contributed by atoms with E-state index < -0.39 is 5.56 Å². The van der Waals surface area contributed by atoms with Crippen molar-refractivity contribution < 1.29 is 4.79 Å². The number of halogens is 2. The third-order valence-corrected chi connectivity index (χ3v) is 3.22. The molecule has 0 atom stereocenters. The number of aryl methyl sites for hydroxylation is 1. The van der Waals surface area contributed by atoms with Gasteiger partial charge in [-0.25, -0.2) is 0 Å². The molecule has 2 rings (SSSR count). The van der Waals surface area contributed by atoms with Crippen molar-refractivity contribution >= 4 is 34.8 Å². The molecule has 0 aliphatic carbocycles. The molecule has 1 amide bonds. The Morgan fingerprint density at radius 1 is 1.30 bits per heavy atom. The second-order valence-corrected chi connectivity index (χ2v) is 5.15. The fourth-order valence-electron chi connectivity index (χ4n) is 1.74. The maximum absolute atomic E-state index is 12.0. The minimum Gasteiger partial charge on any atom is -0.324 e. The number of amides is 1. The Kier molecular flexibility index (Phi) is 4.47. The first-order chi connectivity index (χ1) is 9.47. The van der Waals surface area contributed by atoms with Gasteiger partial charge in [0.15, 0.2) is 0 Å². The molecule has 0 spiro atoms. The lowest BCUT2D eigenvalue weighted by Crippen LogP contribution is -2.27. The van der Waals surface area contributed by atoms with Gasteiger partial charge in [0, 0.05) is 11.9 Å². The van der Waals surface area contributed by atoms with Crippen LogP contribution < -0.4 is 10.9 Å². The maximum atomic E-state index is 12.0. The second kappa shape index (κ2) is 6.11. The summed E-state index contributed by atoms with van der Waals surface area (Å²) < 4.78 is 1.18. The van der Waals surface area contributed by atoms with Crippen LogP contribution >= 0.6 is 23.2 Å². The van der Waals surface area contributed by atoms with Crippen molar-refractivity contribution in [3.63, 3.8) is 0 Å². The highest BCUT2D eigenvalue weighted by Crippen LogP contribution is 2.14. The van der Waals surface area contributed by atoms with Gasteiger partial charge in [-0.3, -0.25) is 9.59 Å². The topological polar surface area (TPSA) is 51.1 Å². The molecule has 0 unspecified atom stereocenters. The Hall–Kier alpha value is -1.78. The highest BCUT2D eigenvalue weighted by Gasteiger charge is 2.09. The second-order valence-electron chi connectivity index (χ2n) is 4.30. The first-order valence-corrected chi connectivity index (χ1v) is 6.64. The van der Waals surface area contributed by atoms with Crippen LogP contribution in [0.15, 0.2) is 41.3 Å². The van der Waals surface area contributed by atoms with Gasteiger partial charge in [-0.05, 0) is 24.6 Å². The smallest absolute Gasteiger partial charge is 0.269 e. The maximum Gasteiger partial charge on any atom is 0.269 e. The molecule has 0 aliphatic rings. The molecular formula is C14H12Cl2N2O2. The number of pyridine rings is 1. The van der Waals surface area contributed by atoms with Gasteiger partial charge in [0.1, 0.15) is 11.6 Å². The molecule has 0 fully saturated rings. The van der Waals surface area contributed by atoms with Crippen molar-refractivity contribution in [2.24, 2.45) is 0 Å². The van der Waals surface area contributed by atoms with Gasteiger partial charge in [0.05, 0.1) is 5.02 Å². The van der Waals surface area contributed by atoms with Gasteiger partial charge in [-0.2, -0.15) is 0 Å². The summed E-state index contributed by atoms with van der Waals surface area (Å²) in [7, 11) is 0. The van der Waals surface area contributed by atoms with Crippen LogP contribution in [0.1, 0.15) is 5.56 Å².